The fraction of sp³-hybridized carbons (Fsp3) is 0.526. The average Bonchev–Trinajstić information content (AvgIpc) is 3.06. The number of anilines is 1. The largest absolute Gasteiger partial charge is 0.464 e. The molecule has 1 aliphatic rings. The lowest BCUT2D eigenvalue weighted by Crippen LogP contribution is -2.54. The molecule has 1 N–H and O–H groups in total. The van der Waals surface area contributed by atoms with E-state index in [1.54, 1.807) is 18.7 Å². The molecule has 1 aromatic carbocycles. The predicted molar refractivity (Wildman–Crippen MR) is 104 cm³/mol. The Morgan fingerprint density at radius 3 is 2.56 bits per heavy atom. The molecule has 0 aliphatic carbocycles. The molecule has 8 heteroatoms. The molecule has 1 aliphatic heterocycles. The van der Waals surface area contributed by atoms with Crippen molar-refractivity contribution in [1.29, 1.82) is 0 Å². The predicted octanol–water partition coefficient (Wildman–Crippen LogP) is 1.84. The summed E-state index contributed by atoms with van der Waals surface area (Å²) in [5, 5.41) is 2.71. The summed E-state index contributed by atoms with van der Waals surface area (Å²) >= 11 is 0. The third-order valence-electron chi connectivity index (χ3n) is 4.78. The zero-order valence-electron chi connectivity index (χ0n) is 16.1. The van der Waals surface area contributed by atoms with Crippen molar-refractivity contribution in [2.45, 2.75) is 33.4 Å². The summed E-state index contributed by atoms with van der Waals surface area (Å²) in [6.07, 6.45) is 0. The fourth-order valence-corrected chi connectivity index (χ4v) is 3.33. The Kier molecular flexibility index (Phi) is 5.83. The lowest BCUT2D eigenvalue weighted by Gasteiger charge is -2.35. The van der Waals surface area contributed by atoms with Gasteiger partial charge in [0.1, 0.15) is 6.04 Å². The minimum absolute atomic E-state index is 0.237. The number of carbonyl (C=O) groups excluding carboxylic acids is 2. The van der Waals surface area contributed by atoms with Gasteiger partial charge in [0.2, 0.25) is 5.95 Å². The lowest BCUT2D eigenvalue weighted by molar-refractivity contribution is -0.144. The molecule has 27 heavy (non-hydrogen) atoms. The van der Waals surface area contributed by atoms with Crippen LogP contribution in [0.15, 0.2) is 24.3 Å². The van der Waals surface area contributed by atoms with E-state index in [4.69, 9.17) is 9.72 Å². The molecular weight excluding hydrogens is 346 g/mol. The first-order valence-corrected chi connectivity index (χ1v) is 9.47. The van der Waals surface area contributed by atoms with Gasteiger partial charge in [-0.2, -0.15) is 0 Å². The van der Waals surface area contributed by atoms with Gasteiger partial charge in [0.05, 0.1) is 17.6 Å². The number of urea groups is 1. The number of amides is 2. The van der Waals surface area contributed by atoms with Crippen LogP contribution in [0, 0.1) is 0 Å². The first kappa shape index (κ1) is 19.0. The number of aromatic nitrogens is 2. The zero-order valence-corrected chi connectivity index (χ0v) is 16.1. The standard InChI is InChI=1S/C19H27N5O3/c1-4-24-16-9-7-6-8-15(16)21-18(24)22-10-12-23(13-11-22)19(26)20-14(3)17(25)27-5-2/h6-9,14H,4-5,10-13H2,1-3H3,(H,20,26). The summed E-state index contributed by atoms with van der Waals surface area (Å²) in [6.45, 7) is 9.19. The van der Waals surface area contributed by atoms with Crippen LogP contribution in [0.2, 0.25) is 0 Å². The Hall–Kier alpha value is -2.77. The van der Waals surface area contributed by atoms with Gasteiger partial charge in [-0.25, -0.2) is 14.6 Å². The topological polar surface area (TPSA) is 79.7 Å². The van der Waals surface area contributed by atoms with E-state index in [9.17, 15) is 9.59 Å². The number of fused-ring (bicyclic) bond motifs is 1. The SMILES string of the molecule is CCOC(=O)C(C)NC(=O)N1CCN(c2nc3ccccc3n2CC)CC1. The summed E-state index contributed by atoms with van der Waals surface area (Å²) in [7, 11) is 0. The van der Waals surface area contributed by atoms with E-state index in [2.05, 4.69) is 27.8 Å². The molecule has 2 amide bonds. The van der Waals surface area contributed by atoms with Gasteiger partial charge in [-0.1, -0.05) is 12.1 Å². The lowest BCUT2D eigenvalue weighted by atomic mass is 10.3. The first-order valence-electron chi connectivity index (χ1n) is 9.47. The molecule has 0 radical (unpaired) electrons. The van der Waals surface area contributed by atoms with Gasteiger partial charge in [-0.05, 0) is 32.9 Å². The molecule has 0 saturated carbocycles. The Bertz CT molecular complexity index is 811. The van der Waals surface area contributed by atoms with Crippen LogP contribution >= 0.6 is 0 Å². The zero-order chi connectivity index (χ0) is 19.4. The van der Waals surface area contributed by atoms with Gasteiger partial charge in [-0.15, -0.1) is 0 Å². The monoisotopic (exact) mass is 373 g/mol. The van der Waals surface area contributed by atoms with Crippen LogP contribution in [0.5, 0.6) is 0 Å². The summed E-state index contributed by atoms with van der Waals surface area (Å²) in [6, 6.07) is 7.22. The van der Waals surface area contributed by atoms with Gasteiger partial charge in [0.25, 0.3) is 0 Å². The van der Waals surface area contributed by atoms with Gasteiger partial charge >= 0.3 is 12.0 Å². The molecule has 1 unspecified atom stereocenters. The number of esters is 1. The minimum atomic E-state index is -0.653. The van der Waals surface area contributed by atoms with Crippen LogP contribution in [0.4, 0.5) is 10.7 Å². The van der Waals surface area contributed by atoms with Gasteiger partial charge < -0.3 is 24.4 Å². The molecular formula is C19H27N5O3. The second kappa shape index (κ2) is 8.28. The maximum atomic E-state index is 12.4. The number of hydrogen-bond donors (Lipinski definition) is 1. The van der Waals surface area contributed by atoms with Crippen molar-refractivity contribution >= 4 is 29.0 Å². The van der Waals surface area contributed by atoms with E-state index in [-0.39, 0.29) is 6.03 Å². The maximum Gasteiger partial charge on any atom is 0.328 e. The molecule has 0 spiro atoms. The molecule has 1 saturated heterocycles. The smallest absolute Gasteiger partial charge is 0.328 e. The van der Waals surface area contributed by atoms with Crippen molar-refractivity contribution in [2.24, 2.45) is 0 Å². The number of para-hydroxylation sites is 2. The first-order chi connectivity index (χ1) is 13.0. The number of piperazine rings is 1. The van der Waals surface area contributed by atoms with E-state index in [1.165, 1.54) is 0 Å². The molecule has 2 aromatic rings. The molecule has 3 rings (SSSR count). The van der Waals surface area contributed by atoms with Crippen molar-refractivity contribution < 1.29 is 14.3 Å². The van der Waals surface area contributed by atoms with Crippen LogP contribution in [0.25, 0.3) is 11.0 Å². The average molecular weight is 373 g/mol. The van der Waals surface area contributed by atoms with Crippen molar-refractivity contribution in [1.82, 2.24) is 19.8 Å². The Balaban J connectivity index is 1.62. The van der Waals surface area contributed by atoms with E-state index in [0.717, 1.165) is 23.5 Å². The summed E-state index contributed by atoms with van der Waals surface area (Å²) in [4.78, 5) is 32.8. The van der Waals surface area contributed by atoms with Gasteiger partial charge in [0, 0.05) is 32.7 Å². The van der Waals surface area contributed by atoms with Crippen molar-refractivity contribution in [2.75, 3.05) is 37.7 Å². The van der Waals surface area contributed by atoms with E-state index >= 15 is 0 Å². The van der Waals surface area contributed by atoms with Crippen molar-refractivity contribution in [3.05, 3.63) is 24.3 Å². The molecule has 0 bridgehead atoms. The number of nitrogens with one attached hydrogen (secondary N) is 1. The van der Waals surface area contributed by atoms with Crippen LogP contribution < -0.4 is 10.2 Å². The molecule has 1 aromatic heterocycles. The van der Waals surface area contributed by atoms with Gasteiger partial charge in [0.15, 0.2) is 0 Å². The number of carbonyl (C=O) groups is 2. The third kappa shape index (κ3) is 3.99. The number of benzene rings is 1. The Labute approximate surface area is 159 Å². The number of aryl methyl sites for hydroxylation is 1. The Morgan fingerprint density at radius 1 is 1.19 bits per heavy atom. The van der Waals surface area contributed by atoms with E-state index < -0.39 is 12.0 Å². The normalized spacial score (nSPS) is 15.7. The molecule has 2 heterocycles. The fourth-order valence-electron chi connectivity index (χ4n) is 3.33. The summed E-state index contributed by atoms with van der Waals surface area (Å²) in [5.74, 6) is 0.528. The van der Waals surface area contributed by atoms with E-state index in [1.807, 2.05) is 18.2 Å². The number of nitrogens with zero attached hydrogens (tertiary/aromatic N) is 4. The highest BCUT2D eigenvalue weighted by molar-refractivity contribution is 5.83. The summed E-state index contributed by atoms with van der Waals surface area (Å²) < 4.78 is 7.13. The second-order valence-corrected chi connectivity index (χ2v) is 6.54. The molecule has 1 atom stereocenters. The highest BCUT2D eigenvalue weighted by Gasteiger charge is 2.26. The van der Waals surface area contributed by atoms with Crippen LogP contribution in [-0.4, -0.2) is 65.3 Å². The third-order valence-corrected chi connectivity index (χ3v) is 4.78. The maximum absolute atomic E-state index is 12.4. The van der Waals surface area contributed by atoms with Crippen molar-refractivity contribution in [3.63, 3.8) is 0 Å². The van der Waals surface area contributed by atoms with Crippen molar-refractivity contribution in [3.8, 4) is 0 Å². The minimum Gasteiger partial charge on any atom is -0.464 e. The number of hydrogen-bond acceptors (Lipinski definition) is 5. The number of ether oxygens (including phenoxy) is 1. The van der Waals surface area contributed by atoms with Crippen LogP contribution in [0.1, 0.15) is 20.8 Å². The number of imidazole rings is 1. The molecule has 146 valence electrons. The second-order valence-electron chi connectivity index (χ2n) is 6.54. The highest BCUT2D eigenvalue weighted by Crippen LogP contribution is 2.23. The van der Waals surface area contributed by atoms with E-state index in [0.29, 0.717) is 32.8 Å². The number of rotatable bonds is 5. The van der Waals surface area contributed by atoms with Crippen LogP contribution in [-0.2, 0) is 16.1 Å². The van der Waals surface area contributed by atoms with Gasteiger partial charge in [-0.3, -0.25) is 0 Å². The molecule has 8 nitrogen and oxygen atoms in total. The summed E-state index contributed by atoms with van der Waals surface area (Å²) in [5.41, 5.74) is 2.11. The highest BCUT2D eigenvalue weighted by atomic mass is 16.5. The Morgan fingerprint density at radius 2 is 1.89 bits per heavy atom. The molecule has 1 fully saturated rings. The van der Waals surface area contributed by atoms with Crippen LogP contribution in [0.3, 0.4) is 0 Å². The quantitative estimate of drug-likeness (QED) is 0.809.